The van der Waals surface area contributed by atoms with Crippen LogP contribution in [0.15, 0.2) is 42.5 Å². The summed E-state index contributed by atoms with van der Waals surface area (Å²) in [5, 5.41) is 0.0773. The van der Waals surface area contributed by atoms with Gasteiger partial charge in [0.25, 0.3) is 0 Å². The lowest BCUT2D eigenvalue weighted by Gasteiger charge is -2.11. The molecule has 0 atom stereocenters. The molecule has 0 bridgehead atoms. The summed E-state index contributed by atoms with van der Waals surface area (Å²) in [6, 6.07) is 10.6. The van der Waals surface area contributed by atoms with Gasteiger partial charge in [0.05, 0.1) is 18.0 Å². The fourth-order valence-electron chi connectivity index (χ4n) is 1.89. The molecule has 2 rings (SSSR count). The van der Waals surface area contributed by atoms with Gasteiger partial charge in [-0.25, -0.2) is 12.8 Å². The fourth-order valence-corrected chi connectivity index (χ4v) is 3.43. The molecule has 1 N–H and O–H groups in total. The summed E-state index contributed by atoms with van der Waals surface area (Å²) in [4.78, 5) is 0. The van der Waals surface area contributed by atoms with Gasteiger partial charge < -0.3 is 4.74 Å². The first kappa shape index (κ1) is 16.6. The maximum atomic E-state index is 13.7. The van der Waals surface area contributed by atoms with Gasteiger partial charge in [0.1, 0.15) is 11.6 Å². The Labute approximate surface area is 133 Å². The van der Waals surface area contributed by atoms with Crippen LogP contribution in [0.5, 0.6) is 5.75 Å². The van der Waals surface area contributed by atoms with Crippen molar-refractivity contribution >= 4 is 27.3 Å². The summed E-state index contributed by atoms with van der Waals surface area (Å²) >= 11 is 5.85. The van der Waals surface area contributed by atoms with E-state index < -0.39 is 21.6 Å². The van der Waals surface area contributed by atoms with Gasteiger partial charge in [-0.2, -0.15) is 0 Å². The molecule has 0 aromatic heterocycles. The molecule has 0 amide bonds. The van der Waals surface area contributed by atoms with Gasteiger partial charge in [0.15, 0.2) is 0 Å². The third-order valence-corrected chi connectivity index (χ3v) is 4.38. The van der Waals surface area contributed by atoms with Gasteiger partial charge >= 0.3 is 0 Å². The van der Waals surface area contributed by atoms with E-state index in [1.54, 1.807) is 24.3 Å². The summed E-state index contributed by atoms with van der Waals surface area (Å²) in [6.45, 7) is 2.30. The average molecular weight is 344 g/mol. The highest BCUT2D eigenvalue weighted by atomic mass is 35.5. The van der Waals surface area contributed by atoms with Crippen LogP contribution in [0.4, 0.5) is 10.1 Å². The Morgan fingerprint density at radius 1 is 1.23 bits per heavy atom. The van der Waals surface area contributed by atoms with Gasteiger partial charge in [0.2, 0.25) is 10.0 Å². The number of benzene rings is 2. The number of hydrogen-bond donors (Lipinski definition) is 1. The molecule has 0 aliphatic heterocycles. The van der Waals surface area contributed by atoms with E-state index in [-0.39, 0.29) is 10.6 Å². The first-order valence-corrected chi connectivity index (χ1v) is 8.60. The summed E-state index contributed by atoms with van der Waals surface area (Å²) in [6.07, 6.45) is 0. The Morgan fingerprint density at radius 3 is 2.64 bits per heavy atom. The lowest BCUT2D eigenvalue weighted by atomic mass is 10.2. The first-order chi connectivity index (χ1) is 10.4. The quantitative estimate of drug-likeness (QED) is 0.867. The molecule has 0 spiro atoms. The second-order valence-corrected chi connectivity index (χ2v) is 6.65. The Kier molecular flexibility index (Phi) is 5.26. The first-order valence-electron chi connectivity index (χ1n) is 6.57. The van der Waals surface area contributed by atoms with Gasteiger partial charge in [-0.1, -0.05) is 23.7 Å². The van der Waals surface area contributed by atoms with Crippen LogP contribution in [0.2, 0.25) is 5.02 Å². The van der Waals surface area contributed by atoms with Crippen molar-refractivity contribution in [1.29, 1.82) is 0 Å². The highest BCUT2D eigenvalue weighted by molar-refractivity contribution is 7.91. The second-order valence-electron chi connectivity index (χ2n) is 4.52. The number of hydrogen-bond acceptors (Lipinski definition) is 3. The molecule has 0 aliphatic rings. The minimum atomic E-state index is -3.79. The SMILES string of the molecule is CCOc1cccc(NS(=O)(=O)Cc2c(F)cccc2Cl)c1. The molecule has 0 radical (unpaired) electrons. The molecule has 22 heavy (non-hydrogen) atoms. The van der Waals surface area contributed by atoms with Gasteiger partial charge in [-0.05, 0) is 31.2 Å². The molecule has 4 nitrogen and oxygen atoms in total. The molecule has 0 saturated heterocycles. The van der Waals surface area contributed by atoms with Crippen LogP contribution in [0.25, 0.3) is 0 Å². The number of halogens is 2. The zero-order valence-corrected chi connectivity index (χ0v) is 13.4. The van der Waals surface area contributed by atoms with E-state index in [9.17, 15) is 12.8 Å². The molecule has 0 heterocycles. The zero-order valence-electron chi connectivity index (χ0n) is 11.8. The van der Waals surface area contributed by atoms with Crippen LogP contribution in [-0.4, -0.2) is 15.0 Å². The third-order valence-electron chi connectivity index (χ3n) is 2.81. The van der Waals surface area contributed by atoms with Gasteiger partial charge in [0, 0.05) is 16.7 Å². The molecular formula is C15H15ClFNO3S. The van der Waals surface area contributed by atoms with E-state index in [4.69, 9.17) is 16.3 Å². The minimum absolute atomic E-state index is 0.0578. The number of ether oxygens (including phenoxy) is 1. The molecular weight excluding hydrogens is 329 g/mol. The van der Waals surface area contributed by atoms with Crippen LogP contribution in [0.1, 0.15) is 12.5 Å². The van der Waals surface area contributed by atoms with Crippen molar-refractivity contribution in [3.8, 4) is 5.75 Å². The smallest absolute Gasteiger partial charge is 0.237 e. The van der Waals surface area contributed by atoms with Crippen LogP contribution in [-0.2, 0) is 15.8 Å². The second kappa shape index (κ2) is 6.98. The fraction of sp³-hybridized carbons (Fsp3) is 0.200. The number of rotatable bonds is 6. The Bertz CT molecular complexity index is 745. The van der Waals surface area contributed by atoms with Crippen molar-refractivity contribution in [2.24, 2.45) is 0 Å². The molecule has 118 valence electrons. The maximum Gasteiger partial charge on any atom is 0.237 e. The normalized spacial score (nSPS) is 11.2. The molecule has 0 unspecified atom stereocenters. The highest BCUT2D eigenvalue weighted by Crippen LogP contribution is 2.23. The minimum Gasteiger partial charge on any atom is -0.494 e. The van der Waals surface area contributed by atoms with Crippen molar-refractivity contribution < 1.29 is 17.5 Å². The molecule has 7 heteroatoms. The van der Waals surface area contributed by atoms with E-state index in [2.05, 4.69) is 4.72 Å². The lowest BCUT2D eigenvalue weighted by Crippen LogP contribution is -2.16. The van der Waals surface area contributed by atoms with Crippen LogP contribution in [0, 0.1) is 5.82 Å². The predicted molar refractivity (Wildman–Crippen MR) is 85.3 cm³/mol. The van der Waals surface area contributed by atoms with Crippen molar-refractivity contribution in [2.75, 3.05) is 11.3 Å². The largest absolute Gasteiger partial charge is 0.494 e. The summed E-state index contributed by atoms with van der Waals surface area (Å²) in [5.41, 5.74) is 0.288. The molecule has 2 aromatic rings. The highest BCUT2D eigenvalue weighted by Gasteiger charge is 2.17. The third kappa shape index (κ3) is 4.35. The number of anilines is 1. The van der Waals surface area contributed by atoms with Crippen molar-refractivity contribution in [2.45, 2.75) is 12.7 Å². The van der Waals surface area contributed by atoms with E-state index in [1.165, 1.54) is 18.2 Å². The van der Waals surface area contributed by atoms with Crippen molar-refractivity contribution in [1.82, 2.24) is 0 Å². The van der Waals surface area contributed by atoms with Crippen LogP contribution in [0.3, 0.4) is 0 Å². The average Bonchev–Trinajstić information content (AvgIpc) is 2.43. The predicted octanol–water partition coefficient (Wildman–Crippen LogP) is 3.82. The monoisotopic (exact) mass is 343 g/mol. The van der Waals surface area contributed by atoms with E-state index >= 15 is 0 Å². The van der Waals surface area contributed by atoms with Crippen molar-refractivity contribution in [3.05, 3.63) is 58.9 Å². The maximum absolute atomic E-state index is 13.7. The lowest BCUT2D eigenvalue weighted by molar-refractivity contribution is 0.340. The summed E-state index contributed by atoms with van der Waals surface area (Å²) in [7, 11) is -3.79. The van der Waals surface area contributed by atoms with Gasteiger partial charge in [-0.3, -0.25) is 4.72 Å². The summed E-state index contributed by atoms with van der Waals surface area (Å²) in [5.74, 6) is -0.648. The van der Waals surface area contributed by atoms with Crippen molar-refractivity contribution in [3.63, 3.8) is 0 Å². The van der Waals surface area contributed by atoms with E-state index in [1.807, 2.05) is 6.92 Å². The van der Waals surface area contributed by atoms with E-state index in [0.29, 0.717) is 18.0 Å². The number of sulfonamides is 1. The Hall–Kier alpha value is -1.79. The molecule has 0 fully saturated rings. The molecule has 2 aromatic carbocycles. The van der Waals surface area contributed by atoms with E-state index in [0.717, 1.165) is 0 Å². The molecule has 0 aliphatic carbocycles. The van der Waals surface area contributed by atoms with Crippen LogP contribution >= 0.6 is 11.6 Å². The zero-order chi connectivity index (χ0) is 16.2. The Balaban J connectivity index is 2.19. The number of nitrogens with one attached hydrogen (secondary N) is 1. The van der Waals surface area contributed by atoms with Crippen LogP contribution < -0.4 is 9.46 Å². The topological polar surface area (TPSA) is 55.4 Å². The molecule has 0 saturated carbocycles. The summed E-state index contributed by atoms with van der Waals surface area (Å²) < 4.78 is 45.7. The Morgan fingerprint density at radius 2 is 1.95 bits per heavy atom. The standard InChI is InChI=1S/C15H15ClFNO3S/c1-2-21-12-6-3-5-11(9-12)18-22(19,20)10-13-14(16)7-4-8-15(13)17/h3-9,18H,2,10H2,1H3. The van der Waals surface area contributed by atoms with Gasteiger partial charge in [-0.15, -0.1) is 0 Å².